The molecule has 0 fully saturated rings. The average molecular weight is 234 g/mol. The second-order valence-electron chi connectivity index (χ2n) is 4.71. The predicted octanol–water partition coefficient (Wildman–Crippen LogP) is 5.12. The van der Waals surface area contributed by atoms with E-state index in [2.05, 4.69) is 63.9 Å². The van der Waals surface area contributed by atoms with Crippen LogP contribution < -0.4 is 0 Å². The molecule has 0 bridgehead atoms. The van der Waals surface area contributed by atoms with Crippen molar-refractivity contribution in [2.45, 2.75) is 20.8 Å². The van der Waals surface area contributed by atoms with E-state index in [4.69, 9.17) is 0 Å². The monoisotopic (exact) mass is 234 g/mol. The summed E-state index contributed by atoms with van der Waals surface area (Å²) in [4.78, 5) is 0. The van der Waals surface area contributed by atoms with E-state index >= 15 is 0 Å². The van der Waals surface area contributed by atoms with Gasteiger partial charge in [0.1, 0.15) is 0 Å². The number of fused-ring (bicyclic) bond motifs is 1. The van der Waals surface area contributed by atoms with Crippen LogP contribution in [0.3, 0.4) is 0 Å². The summed E-state index contributed by atoms with van der Waals surface area (Å²) in [6.45, 7) is 14.0. The van der Waals surface area contributed by atoms with Crippen molar-refractivity contribution in [3.63, 3.8) is 0 Å². The van der Waals surface area contributed by atoms with Crippen LogP contribution in [0, 0.1) is 20.8 Å². The second kappa shape index (κ2) is 4.68. The zero-order valence-corrected chi connectivity index (χ0v) is 11.3. The standard InChI is InChI=1S/C18H18/c1-6-15(7-2)16-11-18-13(4)9-8-12(3)17(18)10-14(16)5/h6,8-11H,1-2H2,3-5H3. The molecule has 0 heteroatoms. The van der Waals surface area contributed by atoms with Crippen molar-refractivity contribution in [2.75, 3.05) is 0 Å². The molecule has 0 aliphatic rings. The third kappa shape index (κ3) is 1.92. The Morgan fingerprint density at radius 1 is 1.00 bits per heavy atom. The van der Waals surface area contributed by atoms with Crippen molar-refractivity contribution < 1.29 is 0 Å². The van der Waals surface area contributed by atoms with E-state index in [9.17, 15) is 0 Å². The van der Waals surface area contributed by atoms with Crippen LogP contribution in [0.25, 0.3) is 16.3 Å². The first-order valence-electron chi connectivity index (χ1n) is 6.12. The van der Waals surface area contributed by atoms with E-state index in [1.54, 1.807) is 0 Å². The van der Waals surface area contributed by atoms with E-state index in [-0.39, 0.29) is 0 Å². The lowest BCUT2D eigenvalue weighted by atomic mass is 9.93. The molecule has 0 unspecified atom stereocenters. The van der Waals surface area contributed by atoms with E-state index in [1.807, 2.05) is 6.08 Å². The minimum absolute atomic E-state index is 0.968. The quantitative estimate of drug-likeness (QED) is 0.500. The van der Waals surface area contributed by atoms with Crippen LogP contribution in [0.4, 0.5) is 0 Å². The Hall–Kier alpha value is -2.04. The Labute approximate surface area is 109 Å². The van der Waals surface area contributed by atoms with Gasteiger partial charge in [-0.1, -0.05) is 37.4 Å². The van der Waals surface area contributed by atoms with Gasteiger partial charge in [0.25, 0.3) is 0 Å². The first kappa shape index (κ1) is 12.4. The molecule has 0 aliphatic carbocycles. The zero-order chi connectivity index (χ0) is 13.3. The van der Waals surface area contributed by atoms with Gasteiger partial charge >= 0.3 is 0 Å². The van der Waals surface area contributed by atoms with Gasteiger partial charge in [-0.15, -0.1) is 5.73 Å². The lowest BCUT2D eigenvalue weighted by molar-refractivity contribution is 1.41. The molecule has 0 aliphatic heterocycles. The predicted molar refractivity (Wildman–Crippen MR) is 80.9 cm³/mol. The maximum atomic E-state index is 3.83. The first-order chi connectivity index (χ1) is 8.58. The van der Waals surface area contributed by atoms with E-state index in [0.717, 1.165) is 5.57 Å². The summed E-state index contributed by atoms with van der Waals surface area (Å²) in [6.07, 6.45) is 1.81. The molecular weight excluding hydrogens is 216 g/mol. The lowest BCUT2D eigenvalue weighted by Crippen LogP contribution is -1.90. The van der Waals surface area contributed by atoms with Crippen molar-refractivity contribution in [2.24, 2.45) is 0 Å². The summed E-state index contributed by atoms with van der Waals surface area (Å²) in [7, 11) is 0. The summed E-state index contributed by atoms with van der Waals surface area (Å²) in [5.41, 5.74) is 8.94. The average Bonchev–Trinajstić information content (AvgIpc) is 2.37. The van der Waals surface area contributed by atoms with Crippen molar-refractivity contribution in [3.8, 4) is 0 Å². The molecule has 0 amide bonds. The summed E-state index contributed by atoms with van der Waals surface area (Å²) in [6, 6.07) is 8.81. The molecule has 18 heavy (non-hydrogen) atoms. The highest BCUT2D eigenvalue weighted by molar-refractivity contribution is 5.93. The fraction of sp³-hybridized carbons (Fsp3) is 0.167. The van der Waals surface area contributed by atoms with Gasteiger partial charge < -0.3 is 0 Å². The third-order valence-electron chi connectivity index (χ3n) is 3.48. The topological polar surface area (TPSA) is 0 Å². The summed E-state index contributed by atoms with van der Waals surface area (Å²) >= 11 is 0. The Morgan fingerprint density at radius 2 is 1.56 bits per heavy atom. The van der Waals surface area contributed by atoms with Crippen LogP contribution in [0.2, 0.25) is 0 Å². The number of aryl methyl sites for hydroxylation is 3. The van der Waals surface area contributed by atoms with Gasteiger partial charge in [0.15, 0.2) is 0 Å². The van der Waals surface area contributed by atoms with E-state index in [0.29, 0.717) is 0 Å². The minimum Gasteiger partial charge on any atom is -0.120 e. The van der Waals surface area contributed by atoms with Gasteiger partial charge in [-0.05, 0) is 59.9 Å². The number of benzene rings is 2. The molecule has 2 rings (SSSR count). The van der Waals surface area contributed by atoms with Crippen molar-refractivity contribution in [1.29, 1.82) is 0 Å². The molecule has 0 radical (unpaired) electrons. The molecule has 90 valence electrons. The second-order valence-corrected chi connectivity index (χ2v) is 4.71. The van der Waals surface area contributed by atoms with Crippen molar-refractivity contribution >= 4 is 16.3 Å². The van der Waals surface area contributed by atoms with Crippen LogP contribution in [0.1, 0.15) is 22.3 Å². The van der Waals surface area contributed by atoms with Crippen LogP contribution in [0.15, 0.2) is 49.2 Å². The third-order valence-corrected chi connectivity index (χ3v) is 3.48. The normalized spacial score (nSPS) is 10.2. The summed E-state index contributed by atoms with van der Waals surface area (Å²) < 4.78 is 0. The molecule has 0 nitrogen and oxygen atoms in total. The Morgan fingerprint density at radius 3 is 2.06 bits per heavy atom. The fourth-order valence-corrected chi connectivity index (χ4v) is 2.36. The maximum absolute atomic E-state index is 3.83. The number of hydrogen-bond acceptors (Lipinski definition) is 0. The highest BCUT2D eigenvalue weighted by Gasteiger charge is 2.07. The maximum Gasteiger partial charge on any atom is 0.0227 e. The highest BCUT2D eigenvalue weighted by Crippen LogP contribution is 2.29. The van der Waals surface area contributed by atoms with Crippen LogP contribution >= 0.6 is 0 Å². The number of hydrogen-bond donors (Lipinski definition) is 0. The van der Waals surface area contributed by atoms with Gasteiger partial charge in [-0.3, -0.25) is 0 Å². The van der Waals surface area contributed by atoms with Gasteiger partial charge in [-0.25, -0.2) is 0 Å². The molecular formula is C18H18. The van der Waals surface area contributed by atoms with Crippen LogP contribution in [0.5, 0.6) is 0 Å². The van der Waals surface area contributed by atoms with Gasteiger partial charge in [-0.2, -0.15) is 0 Å². The molecule has 0 aromatic heterocycles. The van der Waals surface area contributed by atoms with Crippen molar-refractivity contribution in [1.82, 2.24) is 0 Å². The molecule has 2 aromatic carbocycles. The lowest BCUT2D eigenvalue weighted by Gasteiger charge is -2.11. The zero-order valence-electron chi connectivity index (χ0n) is 11.3. The molecule has 0 saturated carbocycles. The summed E-state index contributed by atoms with van der Waals surface area (Å²) in [5.74, 6) is 0. The van der Waals surface area contributed by atoms with Gasteiger partial charge in [0, 0.05) is 5.57 Å². The molecule has 0 atom stereocenters. The number of allylic oxidation sites excluding steroid dienone is 2. The smallest absolute Gasteiger partial charge is 0.0227 e. The van der Waals surface area contributed by atoms with Crippen LogP contribution in [-0.4, -0.2) is 0 Å². The van der Waals surface area contributed by atoms with E-state index in [1.165, 1.54) is 33.0 Å². The van der Waals surface area contributed by atoms with Gasteiger partial charge in [0.05, 0.1) is 0 Å². The van der Waals surface area contributed by atoms with Crippen LogP contribution in [-0.2, 0) is 0 Å². The largest absolute Gasteiger partial charge is 0.120 e. The van der Waals surface area contributed by atoms with E-state index < -0.39 is 0 Å². The molecule has 0 heterocycles. The molecule has 0 N–H and O–H groups in total. The Balaban J connectivity index is 2.88. The number of rotatable bonds is 2. The molecule has 0 saturated heterocycles. The fourth-order valence-electron chi connectivity index (χ4n) is 2.36. The minimum atomic E-state index is 0.968. The van der Waals surface area contributed by atoms with Crippen molar-refractivity contribution in [3.05, 3.63) is 71.5 Å². The Kier molecular flexibility index (Phi) is 3.23. The molecule has 2 aromatic rings. The SMILES string of the molecule is C=C=C(C=C)c1cc2c(C)ccc(C)c2cc1C. The first-order valence-corrected chi connectivity index (χ1v) is 6.12. The molecule has 0 spiro atoms. The summed E-state index contributed by atoms with van der Waals surface area (Å²) in [5, 5.41) is 2.62. The Bertz CT molecular complexity index is 681. The highest BCUT2D eigenvalue weighted by atomic mass is 14.1. The van der Waals surface area contributed by atoms with Gasteiger partial charge in [0.2, 0.25) is 0 Å².